The molecule has 2 aromatic rings. The van der Waals surface area contributed by atoms with Crippen LogP contribution in [0, 0.1) is 0 Å². The lowest BCUT2D eigenvalue weighted by atomic mass is 10.2. The summed E-state index contributed by atoms with van der Waals surface area (Å²) in [5.74, 6) is 1.67. The molecular weight excluding hydrogens is 258 g/mol. The molecule has 19 heavy (non-hydrogen) atoms. The molecule has 102 valence electrons. The first kappa shape index (κ1) is 13.9. The van der Waals surface area contributed by atoms with Crippen molar-refractivity contribution >= 4 is 11.3 Å². The van der Waals surface area contributed by atoms with Crippen LogP contribution in [0.5, 0.6) is 11.5 Å². The second-order valence-electron chi connectivity index (χ2n) is 4.16. The van der Waals surface area contributed by atoms with E-state index in [-0.39, 0.29) is 0 Å². The summed E-state index contributed by atoms with van der Waals surface area (Å²) in [6.07, 6.45) is 1.07. The first-order valence-corrected chi connectivity index (χ1v) is 7.31. The highest BCUT2D eigenvalue weighted by molar-refractivity contribution is 7.07. The van der Waals surface area contributed by atoms with E-state index in [1.807, 2.05) is 24.3 Å². The number of methoxy groups -OCH3 is 1. The topological polar surface area (TPSA) is 30.5 Å². The van der Waals surface area contributed by atoms with Gasteiger partial charge in [0.05, 0.1) is 7.11 Å². The molecule has 0 amide bonds. The van der Waals surface area contributed by atoms with Crippen molar-refractivity contribution < 1.29 is 9.47 Å². The maximum absolute atomic E-state index is 5.65. The monoisotopic (exact) mass is 277 g/mol. The van der Waals surface area contributed by atoms with Crippen molar-refractivity contribution in [2.75, 3.05) is 26.8 Å². The lowest BCUT2D eigenvalue weighted by Gasteiger charge is -2.08. The number of thiophene rings is 1. The summed E-state index contributed by atoms with van der Waals surface area (Å²) in [5.41, 5.74) is 1.39. The van der Waals surface area contributed by atoms with Crippen molar-refractivity contribution in [3.63, 3.8) is 0 Å². The van der Waals surface area contributed by atoms with E-state index >= 15 is 0 Å². The zero-order valence-electron chi connectivity index (χ0n) is 11.1. The molecule has 1 heterocycles. The summed E-state index contributed by atoms with van der Waals surface area (Å²) in [4.78, 5) is 0. The molecule has 3 nitrogen and oxygen atoms in total. The lowest BCUT2D eigenvalue weighted by molar-refractivity contribution is 0.312. The van der Waals surface area contributed by atoms with E-state index in [4.69, 9.17) is 9.47 Å². The highest BCUT2D eigenvalue weighted by atomic mass is 32.1. The Labute approximate surface area is 118 Å². The van der Waals surface area contributed by atoms with Crippen molar-refractivity contribution in [3.05, 3.63) is 46.7 Å². The fourth-order valence-electron chi connectivity index (χ4n) is 1.72. The fraction of sp³-hybridized carbons (Fsp3) is 0.333. The third-order valence-corrected chi connectivity index (χ3v) is 3.49. The van der Waals surface area contributed by atoms with Gasteiger partial charge in [0.25, 0.3) is 0 Å². The molecule has 0 aliphatic carbocycles. The minimum atomic E-state index is 0.663. The van der Waals surface area contributed by atoms with Gasteiger partial charge in [-0.25, -0.2) is 0 Å². The summed E-state index contributed by atoms with van der Waals surface area (Å²) >= 11 is 1.74. The van der Waals surface area contributed by atoms with Gasteiger partial charge in [-0.1, -0.05) is 6.07 Å². The van der Waals surface area contributed by atoms with Gasteiger partial charge in [-0.3, -0.25) is 0 Å². The van der Waals surface area contributed by atoms with Gasteiger partial charge in [-0.15, -0.1) is 0 Å². The third-order valence-electron chi connectivity index (χ3n) is 2.76. The molecule has 0 aliphatic rings. The van der Waals surface area contributed by atoms with Gasteiger partial charge in [-0.2, -0.15) is 11.3 Å². The number of rotatable bonds is 8. The van der Waals surface area contributed by atoms with Gasteiger partial charge in [0.15, 0.2) is 0 Å². The molecular formula is C15H19NO2S. The number of hydrogen-bond acceptors (Lipinski definition) is 4. The van der Waals surface area contributed by atoms with Crippen LogP contribution in [0.2, 0.25) is 0 Å². The van der Waals surface area contributed by atoms with Crippen molar-refractivity contribution in [3.8, 4) is 11.5 Å². The van der Waals surface area contributed by atoms with Crippen molar-refractivity contribution in [2.45, 2.75) is 6.42 Å². The predicted octanol–water partition coefficient (Wildman–Crippen LogP) is 2.97. The van der Waals surface area contributed by atoms with E-state index < -0.39 is 0 Å². The van der Waals surface area contributed by atoms with Crippen LogP contribution in [0.15, 0.2) is 41.1 Å². The average Bonchev–Trinajstić information content (AvgIpc) is 2.96. The minimum Gasteiger partial charge on any atom is -0.497 e. The molecule has 0 radical (unpaired) electrons. The minimum absolute atomic E-state index is 0.663. The zero-order chi connectivity index (χ0) is 13.3. The predicted molar refractivity (Wildman–Crippen MR) is 79.4 cm³/mol. The lowest BCUT2D eigenvalue weighted by Crippen LogP contribution is -2.23. The maximum atomic E-state index is 5.65. The summed E-state index contributed by atoms with van der Waals surface area (Å²) < 4.78 is 10.8. The second-order valence-corrected chi connectivity index (χ2v) is 4.94. The van der Waals surface area contributed by atoms with Crippen LogP contribution in [0.3, 0.4) is 0 Å². The Bertz CT molecular complexity index is 471. The third kappa shape index (κ3) is 4.93. The average molecular weight is 277 g/mol. The van der Waals surface area contributed by atoms with Crippen molar-refractivity contribution in [1.29, 1.82) is 0 Å². The molecule has 0 bridgehead atoms. The van der Waals surface area contributed by atoms with Gasteiger partial charge in [0, 0.05) is 12.6 Å². The van der Waals surface area contributed by atoms with E-state index in [1.165, 1.54) is 5.56 Å². The number of ether oxygens (including phenoxy) is 2. The molecule has 1 aromatic carbocycles. The standard InChI is InChI=1S/C15H19NO2S/c1-17-14-3-2-4-15(11-14)18-9-8-16-7-5-13-6-10-19-12-13/h2-4,6,10-12,16H,5,7-9H2,1H3. The van der Waals surface area contributed by atoms with Crippen molar-refractivity contribution in [1.82, 2.24) is 5.32 Å². The van der Waals surface area contributed by atoms with E-state index in [0.29, 0.717) is 6.61 Å². The number of hydrogen-bond donors (Lipinski definition) is 1. The Morgan fingerprint density at radius 2 is 2.05 bits per heavy atom. The molecule has 0 saturated carbocycles. The molecule has 0 saturated heterocycles. The molecule has 0 spiro atoms. The van der Waals surface area contributed by atoms with Crippen LogP contribution in [-0.4, -0.2) is 26.8 Å². The number of nitrogens with one attached hydrogen (secondary N) is 1. The van der Waals surface area contributed by atoms with Crippen LogP contribution in [0.25, 0.3) is 0 Å². The van der Waals surface area contributed by atoms with Gasteiger partial charge >= 0.3 is 0 Å². The highest BCUT2D eigenvalue weighted by Crippen LogP contribution is 2.18. The molecule has 2 rings (SSSR count). The zero-order valence-corrected chi connectivity index (χ0v) is 11.9. The second kappa shape index (κ2) is 7.81. The van der Waals surface area contributed by atoms with Crippen LogP contribution < -0.4 is 14.8 Å². The molecule has 0 unspecified atom stereocenters. The molecule has 0 atom stereocenters. The maximum Gasteiger partial charge on any atom is 0.123 e. The van der Waals surface area contributed by atoms with E-state index in [0.717, 1.165) is 31.0 Å². The SMILES string of the molecule is COc1cccc(OCCNCCc2ccsc2)c1. The van der Waals surface area contributed by atoms with E-state index in [9.17, 15) is 0 Å². The Morgan fingerprint density at radius 1 is 1.16 bits per heavy atom. The van der Waals surface area contributed by atoms with Gasteiger partial charge in [0.1, 0.15) is 18.1 Å². The van der Waals surface area contributed by atoms with Crippen LogP contribution in [0.1, 0.15) is 5.56 Å². The van der Waals surface area contributed by atoms with Gasteiger partial charge < -0.3 is 14.8 Å². The Morgan fingerprint density at radius 3 is 2.84 bits per heavy atom. The normalized spacial score (nSPS) is 10.4. The first-order chi connectivity index (χ1) is 9.38. The van der Waals surface area contributed by atoms with Crippen LogP contribution in [-0.2, 0) is 6.42 Å². The van der Waals surface area contributed by atoms with Gasteiger partial charge in [-0.05, 0) is 47.5 Å². The molecule has 1 N–H and O–H groups in total. The Hall–Kier alpha value is -1.52. The molecule has 1 aromatic heterocycles. The summed E-state index contributed by atoms with van der Waals surface area (Å²) in [6.45, 7) is 2.50. The number of benzene rings is 1. The van der Waals surface area contributed by atoms with Crippen LogP contribution in [0.4, 0.5) is 0 Å². The van der Waals surface area contributed by atoms with Crippen LogP contribution >= 0.6 is 11.3 Å². The van der Waals surface area contributed by atoms with E-state index in [1.54, 1.807) is 18.4 Å². The van der Waals surface area contributed by atoms with Crippen molar-refractivity contribution in [2.24, 2.45) is 0 Å². The molecule has 4 heteroatoms. The highest BCUT2D eigenvalue weighted by Gasteiger charge is 1.97. The largest absolute Gasteiger partial charge is 0.497 e. The summed E-state index contributed by atoms with van der Waals surface area (Å²) in [6, 6.07) is 9.84. The first-order valence-electron chi connectivity index (χ1n) is 6.37. The Kier molecular flexibility index (Phi) is 5.72. The van der Waals surface area contributed by atoms with E-state index in [2.05, 4.69) is 22.1 Å². The summed E-state index contributed by atoms with van der Waals surface area (Å²) in [7, 11) is 1.66. The smallest absolute Gasteiger partial charge is 0.123 e. The van der Waals surface area contributed by atoms with Gasteiger partial charge in [0.2, 0.25) is 0 Å². The molecule has 0 aliphatic heterocycles. The molecule has 0 fully saturated rings. The summed E-state index contributed by atoms with van der Waals surface area (Å²) in [5, 5.41) is 7.67. The quantitative estimate of drug-likeness (QED) is 0.753. The Balaban J connectivity index is 1.58. The fourth-order valence-corrected chi connectivity index (χ4v) is 2.43.